The van der Waals surface area contributed by atoms with E-state index in [-0.39, 0.29) is 0 Å². The van der Waals surface area contributed by atoms with Gasteiger partial charge >= 0.3 is 0 Å². The molecule has 0 radical (unpaired) electrons. The number of hydrogen-bond acceptors (Lipinski definition) is 3. The zero-order valence-corrected chi connectivity index (χ0v) is 8.16. The molecule has 13 heavy (non-hydrogen) atoms. The first kappa shape index (κ1) is 12.4. The molecular formula is C9H19NO3. The van der Waals surface area contributed by atoms with E-state index in [9.17, 15) is 15.0 Å². The summed E-state index contributed by atoms with van der Waals surface area (Å²) in [7, 11) is 0. The van der Waals surface area contributed by atoms with Crippen LogP contribution in [0.1, 0.15) is 39.0 Å². The molecule has 2 atom stereocenters. The van der Waals surface area contributed by atoms with Crippen LogP contribution >= 0.6 is 0 Å². The van der Waals surface area contributed by atoms with Crippen molar-refractivity contribution in [3.63, 3.8) is 0 Å². The number of quaternary nitrogens is 1. The molecule has 0 amide bonds. The van der Waals surface area contributed by atoms with E-state index in [4.69, 9.17) is 0 Å². The summed E-state index contributed by atoms with van der Waals surface area (Å²) in [6.45, 7) is 2.10. The van der Waals surface area contributed by atoms with Crippen LogP contribution in [0.4, 0.5) is 0 Å². The van der Waals surface area contributed by atoms with Crippen molar-refractivity contribution in [3.05, 3.63) is 0 Å². The highest BCUT2D eigenvalue weighted by Crippen LogP contribution is 2.06. The number of carbonyl (C=O) groups is 1. The smallest absolute Gasteiger partial charge is 0.151 e. The fraction of sp³-hybridized carbons (Fsp3) is 0.889. The monoisotopic (exact) mass is 189 g/mol. The summed E-state index contributed by atoms with van der Waals surface area (Å²) < 4.78 is 0. The van der Waals surface area contributed by atoms with Crippen LogP contribution in [0, 0.1) is 0 Å². The zero-order chi connectivity index (χ0) is 10.3. The normalized spacial score (nSPS) is 15.3. The highest BCUT2D eigenvalue weighted by atomic mass is 16.4. The van der Waals surface area contributed by atoms with Gasteiger partial charge in [-0.2, -0.15) is 0 Å². The Labute approximate surface area is 78.7 Å². The SMILES string of the molecule is CCCCCC[C@H](O)[C@@H]([NH3+])C(=O)[O-]. The molecule has 0 saturated heterocycles. The number of hydrogen-bond donors (Lipinski definition) is 2. The largest absolute Gasteiger partial charge is 0.544 e. The van der Waals surface area contributed by atoms with Gasteiger partial charge in [0.25, 0.3) is 0 Å². The molecule has 4 N–H and O–H groups in total. The highest BCUT2D eigenvalue weighted by molar-refractivity contribution is 5.69. The van der Waals surface area contributed by atoms with Crippen LogP contribution in [0.15, 0.2) is 0 Å². The molecule has 0 fully saturated rings. The fourth-order valence-corrected chi connectivity index (χ4v) is 1.14. The van der Waals surface area contributed by atoms with E-state index >= 15 is 0 Å². The number of aliphatic carboxylic acids is 1. The molecule has 0 heterocycles. The van der Waals surface area contributed by atoms with E-state index in [0.717, 1.165) is 25.7 Å². The fourth-order valence-electron chi connectivity index (χ4n) is 1.14. The average molecular weight is 189 g/mol. The lowest BCUT2D eigenvalue weighted by atomic mass is 10.0. The molecule has 0 unspecified atom stereocenters. The van der Waals surface area contributed by atoms with Crippen LogP contribution in [0.5, 0.6) is 0 Å². The number of aliphatic hydroxyl groups excluding tert-OH is 1. The van der Waals surface area contributed by atoms with Gasteiger partial charge in [-0.05, 0) is 6.42 Å². The van der Waals surface area contributed by atoms with Gasteiger partial charge in [-0.25, -0.2) is 0 Å². The van der Waals surface area contributed by atoms with Gasteiger partial charge < -0.3 is 20.7 Å². The topological polar surface area (TPSA) is 88.0 Å². The van der Waals surface area contributed by atoms with Gasteiger partial charge in [0.1, 0.15) is 12.1 Å². The lowest BCUT2D eigenvalue weighted by Gasteiger charge is -2.15. The van der Waals surface area contributed by atoms with Crippen molar-refractivity contribution < 1.29 is 20.7 Å². The van der Waals surface area contributed by atoms with Crippen molar-refractivity contribution >= 4 is 5.97 Å². The molecule has 0 bridgehead atoms. The van der Waals surface area contributed by atoms with Gasteiger partial charge in [0, 0.05) is 0 Å². The van der Waals surface area contributed by atoms with Crippen LogP contribution < -0.4 is 10.8 Å². The molecule has 0 aliphatic heterocycles. The van der Waals surface area contributed by atoms with E-state index in [1.54, 1.807) is 0 Å². The molecule has 0 aliphatic carbocycles. The average Bonchev–Trinajstić information content (AvgIpc) is 2.10. The van der Waals surface area contributed by atoms with Crippen molar-refractivity contribution in [2.24, 2.45) is 0 Å². The number of aliphatic hydroxyl groups is 1. The van der Waals surface area contributed by atoms with Gasteiger partial charge in [-0.1, -0.05) is 32.6 Å². The second kappa shape index (κ2) is 6.86. The van der Waals surface area contributed by atoms with E-state index in [1.807, 2.05) is 0 Å². The van der Waals surface area contributed by atoms with Crippen molar-refractivity contribution in [2.45, 2.75) is 51.2 Å². The molecule has 4 heteroatoms. The summed E-state index contributed by atoms with van der Waals surface area (Å²) in [6, 6.07) is -0.998. The molecule has 78 valence electrons. The standard InChI is InChI=1S/C9H19NO3/c1-2-3-4-5-6-7(11)8(10)9(12)13/h7-8,11H,2-6,10H2,1H3,(H,12,13)/t7-,8+/m0/s1. The highest BCUT2D eigenvalue weighted by Gasteiger charge is 2.18. The first-order valence-corrected chi connectivity index (χ1v) is 4.81. The molecule has 0 aromatic rings. The van der Waals surface area contributed by atoms with Gasteiger partial charge in [0.2, 0.25) is 0 Å². The summed E-state index contributed by atoms with van der Waals surface area (Å²) in [4.78, 5) is 10.3. The predicted octanol–water partition coefficient (Wildman–Crippen LogP) is -1.32. The third-order valence-electron chi connectivity index (χ3n) is 2.12. The van der Waals surface area contributed by atoms with Crippen molar-refractivity contribution in [1.29, 1.82) is 0 Å². The lowest BCUT2D eigenvalue weighted by Crippen LogP contribution is -2.73. The molecule has 0 spiro atoms. The Morgan fingerprint density at radius 3 is 2.54 bits per heavy atom. The van der Waals surface area contributed by atoms with Gasteiger partial charge in [0.05, 0.1) is 0 Å². The van der Waals surface area contributed by atoms with Crippen molar-refractivity contribution in [1.82, 2.24) is 0 Å². The maximum Gasteiger partial charge on any atom is 0.151 e. The summed E-state index contributed by atoms with van der Waals surface area (Å²) in [5, 5.41) is 19.6. The Morgan fingerprint density at radius 1 is 1.46 bits per heavy atom. The summed E-state index contributed by atoms with van der Waals surface area (Å²) in [5.74, 6) is -1.28. The van der Waals surface area contributed by atoms with Crippen LogP contribution in [-0.4, -0.2) is 23.2 Å². The van der Waals surface area contributed by atoms with Gasteiger partial charge in [0.15, 0.2) is 6.04 Å². The molecule has 0 saturated carbocycles. The number of carbonyl (C=O) groups excluding carboxylic acids is 1. The molecule has 0 aromatic carbocycles. The number of unbranched alkanes of at least 4 members (excludes halogenated alkanes) is 3. The number of carboxylic acid groups (broad SMARTS) is 1. The Balaban J connectivity index is 3.50. The molecular weight excluding hydrogens is 170 g/mol. The Bertz CT molecular complexity index is 150. The second-order valence-corrected chi connectivity index (χ2v) is 3.34. The quantitative estimate of drug-likeness (QED) is 0.487. The minimum atomic E-state index is -1.28. The van der Waals surface area contributed by atoms with Crippen LogP contribution in [0.25, 0.3) is 0 Å². The van der Waals surface area contributed by atoms with E-state index in [1.165, 1.54) is 0 Å². The van der Waals surface area contributed by atoms with Crippen LogP contribution in [-0.2, 0) is 4.79 Å². The Kier molecular flexibility index (Phi) is 6.54. The Hall–Kier alpha value is -0.610. The third-order valence-corrected chi connectivity index (χ3v) is 2.12. The molecule has 0 rings (SSSR count). The summed E-state index contributed by atoms with van der Waals surface area (Å²) in [5.41, 5.74) is 3.32. The minimum Gasteiger partial charge on any atom is -0.544 e. The summed E-state index contributed by atoms with van der Waals surface area (Å²) >= 11 is 0. The zero-order valence-electron chi connectivity index (χ0n) is 8.16. The molecule has 0 aromatic heterocycles. The van der Waals surface area contributed by atoms with E-state index in [2.05, 4.69) is 12.7 Å². The van der Waals surface area contributed by atoms with Crippen LogP contribution in [0.2, 0.25) is 0 Å². The predicted molar refractivity (Wildman–Crippen MR) is 46.4 cm³/mol. The molecule has 4 nitrogen and oxygen atoms in total. The van der Waals surface area contributed by atoms with Crippen LogP contribution in [0.3, 0.4) is 0 Å². The molecule has 0 aliphatic rings. The van der Waals surface area contributed by atoms with Crippen molar-refractivity contribution in [3.8, 4) is 0 Å². The Morgan fingerprint density at radius 2 is 2.08 bits per heavy atom. The van der Waals surface area contributed by atoms with Gasteiger partial charge in [-0.3, -0.25) is 0 Å². The van der Waals surface area contributed by atoms with E-state index in [0.29, 0.717) is 6.42 Å². The second-order valence-electron chi connectivity index (χ2n) is 3.34. The van der Waals surface area contributed by atoms with Crippen molar-refractivity contribution in [2.75, 3.05) is 0 Å². The summed E-state index contributed by atoms with van der Waals surface area (Å²) in [6.07, 6.45) is 3.79. The maximum absolute atomic E-state index is 10.3. The lowest BCUT2D eigenvalue weighted by molar-refractivity contribution is -0.451. The number of rotatable bonds is 7. The minimum absolute atomic E-state index is 0.502. The maximum atomic E-state index is 10.3. The number of carboxylic acids is 1. The third kappa shape index (κ3) is 5.60. The first-order chi connectivity index (χ1) is 6.09. The van der Waals surface area contributed by atoms with E-state index < -0.39 is 18.1 Å². The van der Waals surface area contributed by atoms with Gasteiger partial charge in [-0.15, -0.1) is 0 Å². The first-order valence-electron chi connectivity index (χ1n) is 4.81.